The maximum atomic E-state index is 13.8. The quantitative estimate of drug-likeness (QED) is 0.548. The van der Waals surface area contributed by atoms with Crippen molar-refractivity contribution in [2.24, 2.45) is 0 Å². The number of hydrogen-bond acceptors (Lipinski definition) is 4. The minimum Gasteiger partial charge on any atom is -0.484 e. The van der Waals surface area contributed by atoms with E-state index >= 15 is 0 Å². The Bertz CT molecular complexity index is 944. The van der Waals surface area contributed by atoms with Gasteiger partial charge in [0, 0.05) is 17.5 Å². The summed E-state index contributed by atoms with van der Waals surface area (Å²) in [5, 5.41) is 0.308. The lowest BCUT2D eigenvalue weighted by molar-refractivity contribution is -0.116. The zero-order valence-corrected chi connectivity index (χ0v) is 15.4. The van der Waals surface area contributed by atoms with Crippen LogP contribution in [0.5, 0.6) is 17.4 Å². The van der Waals surface area contributed by atoms with Gasteiger partial charge >= 0.3 is 0 Å². The number of nitrogens with zero attached hydrogens (tertiary/aromatic N) is 1. The fraction of sp³-hybridized carbons (Fsp3) is 0.143. The fourth-order valence-electron chi connectivity index (χ4n) is 2.42. The molecule has 0 saturated carbocycles. The highest BCUT2D eigenvalue weighted by Gasteiger charge is 2.07. The van der Waals surface area contributed by atoms with Crippen molar-refractivity contribution in [3.63, 3.8) is 0 Å². The molecule has 0 fully saturated rings. The van der Waals surface area contributed by atoms with Crippen LogP contribution in [0.4, 0.5) is 4.39 Å². The number of carbonyl (C=O) groups excluding carboxylic acids is 1. The second-order valence-electron chi connectivity index (χ2n) is 5.96. The molecule has 6 heteroatoms. The number of hydrogen-bond donors (Lipinski definition) is 0. The first-order valence-corrected chi connectivity index (χ1v) is 8.67. The van der Waals surface area contributed by atoms with Crippen molar-refractivity contribution >= 4 is 17.4 Å². The molecule has 0 aliphatic carbocycles. The molecule has 0 atom stereocenters. The van der Waals surface area contributed by atoms with Crippen molar-refractivity contribution in [1.29, 1.82) is 0 Å². The molecular formula is C21H17ClFNO3. The SMILES string of the molecule is CC(=O)Cc1ccc(Oc2cccc(COc3ccc(Cl)cc3F)n2)cc1. The highest BCUT2D eigenvalue weighted by Crippen LogP contribution is 2.23. The maximum Gasteiger partial charge on any atom is 0.219 e. The lowest BCUT2D eigenvalue weighted by Crippen LogP contribution is -2.01. The minimum atomic E-state index is -0.527. The molecule has 3 aromatic rings. The zero-order valence-electron chi connectivity index (χ0n) is 14.6. The number of halogens is 2. The summed E-state index contributed by atoms with van der Waals surface area (Å²) in [6.45, 7) is 1.64. The van der Waals surface area contributed by atoms with Crippen molar-refractivity contribution in [2.75, 3.05) is 0 Å². The summed E-state index contributed by atoms with van der Waals surface area (Å²) >= 11 is 5.73. The van der Waals surface area contributed by atoms with E-state index in [2.05, 4.69) is 4.98 Å². The number of carbonyl (C=O) groups is 1. The van der Waals surface area contributed by atoms with Crippen LogP contribution in [-0.4, -0.2) is 10.8 Å². The van der Waals surface area contributed by atoms with Crippen molar-refractivity contribution in [2.45, 2.75) is 20.0 Å². The molecule has 0 radical (unpaired) electrons. The predicted octanol–water partition coefficient (Wildman–Crippen LogP) is 5.38. The third-order valence-corrected chi connectivity index (χ3v) is 3.88. The van der Waals surface area contributed by atoms with Gasteiger partial charge in [0.05, 0.1) is 5.69 Å². The molecule has 1 heterocycles. The largest absolute Gasteiger partial charge is 0.484 e. The third kappa shape index (κ3) is 5.53. The average molecular weight is 386 g/mol. The summed E-state index contributed by atoms with van der Waals surface area (Å²) in [5.41, 5.74) is 1.52. The first-order valence-electron chi connectivity index (χ1n) is 8.29. The average Bonchev–Trinajstić information content (AvgIpc) is 2.63. The van der Waals surface area contributed by atoms with Gasteiger partial charge in [0.1, 0.15) is 18.1 Å². The van der Waals surface area contributed by atoms with Gasteiger partial charge in [-0.1, -0.05) is 29.8 Å². The number of rotatable bonds is 7. The smallest absolute Gasteiger partial charge is 0.219 e. The molecule has 138 valence electrons. The Morgan fingerprint density at radius 3 is 2.59 bits per heavy atom. The summed E-state index contributed by atoms with van der Waals surface area (Å²) < 4.78 is 24.9. The summed E-state index contributed by atoms with van der Waals surface area (Å²) in [6.07, 6.45) is 0.395. The van der Waals surface area contributed by atoms with E-state index in [-0.39, 0.29) is 18.1 Å². The molecule has 0 saturated heterocycles. The third-order valence-electron chi connectivity index (χ3n) is 3.65. The molecule has 0 aliphatic heterocycles. The fourth-order valence-corrected chi connectivity index (χ4v) is 2.58. The van der Waals surface area contributed by atoms with Gasteiger partial charge in [-0.05, 0) is 48.9 Å². The van der Waals surface area contributed by atoms with E-state index in [1.54, 1.807) is 43.3 Å². The van der Waals surface area contributed by atoms with Crippen LogP contribution in [0.3, 0.4) is 0 Å². The molecule has 0 bridgehead atoms. The van der Waals surface area contributed by atoms with E-state index < -0.39 is 5.82 Å². The number of benzene rings is 2. The summed E-state index contributed by atoms with van der Waals surface area (Å²) in [6, 6.07) is 16.7. The standard InChI is InChI=1S/C21H17ClFNO3/c1-14(25)11-15-5-8-18(9-6-15)27-21-4-2-3-17(24-21)13-26-20-10-7-16(22)12-19(20)23/h2-10,12H,11,13H2,1H3. The normalized spacial score (nSPS) is 10.5. The topological polar surface area (TPSA) is 48.4 Å². The summed E-state index contributed by atoms with van der Waals surface area (Å²) in [7, 11) is 0. The highest BCUT2D eigenvalue weighted by molar-refractivity contribution is 6.30. The molecule has 0 unspecified atom stereocenters. The zero-order chi connectivity index (χ0) is 19.2. The van der Waals surface area contributed by atoms with Gasteiger partial charge in [0.2, 0.25) is 5.88 Å². The number of Topliss-reactive ketones (excluding diaryl/α,β-unsaturated/α-hetero) is 1. The Balaban J connectivity index is 1.64. The van der Waals surface area contributed by atoms with E-state index in [1.165, 1.54) is 12.1 Å². The first kappa shape index (κ1) is 18.9. The molecule has 4 nitrogen and oxygen atoms in total. The molecule has 1 aromatic heterocycles. The Kier molecular flexibility index (Phi) is 6.04. The highest BCUT2D eigenvalue weighted by atomic mass is 35.5. The Labute approximate surface area is 161 Å². The lowest BCUT2D eigenvalue weighted by atomic mass is 10.1. The summed E-state index contributed by atoms with van der Waals surface area (Å²) in [4.78, 5) is 15.5. The van der Waals surface area contributed by atoms with Crippen molar-refractivity contribution in [3.05, 3.63) is 82.8 Å². The molecule has 27 heavy (non-hydrogen) atoms. The van der Waals surface area contributed by atoms with Crippen LogP contribution in [-0.2, 0) is 17.8 Å². The van der Waals surface area contributed by atoms with Crippen molar-refractivity contribution in [3.8, 4) is 17.4 Å². The molecule has 0 aliphatic rings. The Hall–Kier alpha value is -2.92. The molecule has 0 spiro atoms. The number of ether oxygens (including phenoxy) is 2. The molecule has 3 rings (SSSR count). The van der Waals surface area contributed by atoms with E-state index in [9.17, 15) is 9.18 Å². The van der Waals surface area contributed by atoms with Gasteiger partial charge < -0.3 is 9.47 Å². The number of pyridine rings is 1. The molecule has 0 N–H and O–H groups in total. The van der Waals surface area contributed by atoms with E-state index in [0.29, 0.717) is 28.8 Å². The minimum absolute atomic E-state index is 0.0906. The molecular weight excluding hydrogens is 369 g/mol. The van der Waals surface area contributed by atoms with Crippen LogP contribution in [0.2, 0.25) is 5.02 Å². The number of ketones is 1. The van der Waals surface area contributed by atoms with Crippen LogP contribution < -0.4 is 9.47 Å². The second kappa shape index (κ2) is 8.64. The van der Waals surface area contributed by atoms with Gasteiger partial charge in [-0.3, -0.25) is 4.79 Å². The van der Waals surface area contributed by atoms with Crippen molar-refractivity contribution in [1.82, 2.24) is 4.98 Å². The number of aromatic nitrogens is 1. The van der Waals surface area contributed by atoms with E-state index in [1.807, 2.05) is 12.1 Å². The monoisotopic (exact) mass is 385 g/mol. The van der Waals surface area contributed by atoms with Crippen LogP contribution >= 0.6 is 11.6 Å². The van der Waals surface area contributed by atoms with Gasteiger partial charge in [-0.15, -0.1) is 0 Å². The lowest BCUT2D eigenvalue weighted by Gasteiger charge is -2.09. The van der Waals surface area contributed by atoms with Gasteiger partial charge in [0.15, 0.2) is 11.6 Å². The van der Waals surface area contributed by atoms with Crippen LogP contribution in [0.15, 0.2) is 60.7 Å². The Morgan fingerprint density at radius 1 is 1.11 bits per heavy atom. The van der Waals surface area contributed by atoms with Gasteiger partial charge in [-0.2, -0.15) is 0 Å². The van der Waals surface area contributed by atoms with E-state index in [4.69, 9.17) is 21.1 Å². The van der Waals surface area contributed by atoms with Crippen molar-refractivity contribution < 1.29 is 18.7 Å². The molecule has 2 aromatic carbocycles. The van der Waals surface area contributed by atoms with Crippen LogP contribution in [0, 0.1) is 5.82 Å². The van der Waals surface area contributed by atoms with Gasteiger partial charge in [0.25, 0.3) is 0 Å². The second-order valence-corrected chi connectivity index (χ2v) is 6.39. The first-order chi connectivity index (χ1) is 13.0. The maximum absolute atomic E-state index is 13.8. The van der Waals surface area contributed by atoms with Gasteiger partial charge in [-0.25, -0.2) is 9.37 Å². The predicted molar refractivity (Wildman–Crippen MR) is 101 cm³/mol. The molecule has 0 amide bonds. The van der Waals surface area contributed by atoms with E-state index in [0.717, 1.165) is 5.56 Å². The summed E-state index contributed by atoms with van der Waals surface area (Å²) in [5.74, 6) is 0.688. The van der Waals surface area contributed by atoms with Crippen LogP contribution in [0.25, 0.3) is 0 Å². The Morgan fingerprint density at radius 2 is 1.89 bits per heavy atom. The van der Waals surface area contributed by atoms with Crippen LogP contribution in [0.1, 0.15) is 18.2 Å².